The molecule has 0 spiro atoms. The molecule has 0 amide bonds. The van der Waals surface area contributed by atoms with Crippen LogP contribution in [-0.2, 0) is 14.8 Å². The maximum absolute atomic E-state index is 12.2. The lowest BCUT2D eigenvalue weighted by atomic mass is 10.2. The third kappa shape index (κ3) is 3.28. The Morgan fingerprint density at radius 1 is 1.08 bits per heavy atom. The summed E-state index contributed by atoms with van der Waals surface area (Å²) in [6.45, 7) is 3.53. The molecular formula is C18H18N2O4S. The first-order valence-corrected chi connectivity index (χ1v) is 9.23. The fourth-order valence-corrected chi connectivity index (χ4v) is 3.66. The number of esters is 1. The van der Waals surface area contributed by atoms with Crippen molar-refractivity contribution in [3.8, 4) is 5.75 Å². The number of sulfonamides is 1. The number of fused-ring (bicyclic) bond motifs is 1. The maximum atomic E-state index is 12.2. The Hall–Kier alpha value is -2.67. The second-order valence-corrected chi connectivity index (χ2v) is 7.59. The average Bonchev–Trinajstić information content (AvgIpc) is 2.87. The Bertz CT molecular complexity index is 947. The molecule has 1 aliphatic heterocycles. The van der Waals surface area contributed by atoms with E-state index < -0.39 is 10.0 Å². The first-order chi connectivity index (χ1) is 11.8. The first-order valence-electron chi connectivity index (χ1n) is 7.79. The number of amidine groups is 1. The molecule has 0 saturated heterocycles. The summed E-state index contributed by atoms with van der Waals surface area (Å²) in [5.41, 5.74) is 1.30. The largest absolute Gasteiger partial charge is 0.426 e. The monoisotopic (exact) mass is 358 g/mol. The molecule has 2 aromatic carbocycles. The lowest BCUT2D eigenvalue weighted by molar-refractivity contribution is -0.137. The van der Waals surface area contributed by atoms with Crippen LogP contribution in [0.4, 0.5) is 5.69 Å². The van der Waals surface area contributed by atoms with Gasteiger partial charge in [-0.25, -0.2) is 0 Å². The molecule has 6 nitrogen and oxygen atoms in total. The third-order valence-corrected chi connectivity index (χ3v) is 5.17. The molecule has 0 unspecified atom stereocenters. The standard InChI is InChI=1S/C18H18N2O4S/c1-12(2)18(21)24-14-10-8-13(9-11-14)20(3)17-15-6-4-5-7-16(15)25(22,23)19-17/h4-12H,1-3H3. The minimum absolute atomic E-state index is 0.208. The summed E-state index contributed by atoms with van der Waals surface area (Å²) in [5.74, 6) is 0.290. The van der Waals surface area contributed by atoms with E-state index >= 15 is 0 Å². The van der Waals surface area contributed by atoms with Crippen LogP contribution in [0.5, 0.6) is 5.75 Å². The zero-order valence-electron chi connectivity index (χ0n) is 14.1. The minimum atomic E-state index is -3.66. The number of carbonyl (C=O) groups is 1. The van der Waals surface area contributed by atoms with E-state index in [2.05, 4.69) is 4.40 Å². The molecule has 0 fully saturated rings. The van der Waals surface area contributed by atoms with Gasteiger partial charge < -0.3 is 9.64 Å². The Morgan fingerprint density at radius 3 is 2.36 bits per heavy atom. The van der Waals surface area contributed by atoms with Crippen LogP contribution in [-0.4, -0.2) is 27.3 Å². The van der Waals surface area contributed by atoms with Crippen LogP contribution in [0.3, 0.4) is 0 Å². The molecule has 0 aromatic heterocycles. The quantitative estimate of drug-likeness (QED) is 0.623. The fourth-order valence-electron chi connectivity index (χ4n) is 2.42. The highest BCUT2D eigenvalue weighted by molar-refractivity contribution is 7.90. The number of hydrogen-bond donors (Lipinski definition) is 0. The molecule has 130 valence electrons. The molecule has 1 aliphatic rings. The molecule has 1 heterocycles. The average molecular weight is 358 g/mol. The maximum Gasteiger partial charge on any atom is 0.313 e. The molecule has 0 saturated carbocycles. The van der Waals surface area contributed by atoms with Gasteiger partial charge in [0, 0.05) is 18.3 Å². The zero-order valence-corrected chi connectivity index (χ0v) is 14.9. The second kappa shape index (κ2) is 6.33. The predicted molar refractivity (Wildman–Crippen MR) is 95.5 cm³/mol. The Labute approximate surface area is 146 Å². The van der Waals surface area contributed by atoms with Crippen molar-refractivity contribution >= 4 is 27.5 Å². The number of rotatable bonds is 3. The van der Waals surface area contributed by atoms with Gasteiger partial charge in [0.2, 0.25) is 0 Å². The van der Waals surface area contributed by atoms with Crippen LogP contribution in [0.2, 0.25) is 0 Å². The van der Waals surface area contributed by atoms with Crippen LogP contribution >= 0.6 is 0 Å². The van der Waals surface area contributed by atoms with Crippen LogP contribution in [0.1, 0.15) is 19.4 Å². The minimum Gasteiger partial charge on any atom is -0.426 e. The van der Waals surface area contributed by atoms with E-state index in [1.807, 2.05) is 0 Å². The summed E-state index contributed by atoms with van der Waals surface area (Å²) in [6.07, 6.45) is 0. The highest BCUT2D eigenvalue weighted by atomic mass is 32.2. The zero-order chi connectivity index (χ0) is 18.2. The van der Waals surface area contributed by atoms with Crippen LogP contribution in [0.15, 0.2) is 57.8 Å². The van der Waals surface area contributed by atoms with Crippen molar-refractivity contribution in [3.05, 3.63) is 54.1 Å². The molecule has 7 heteroatoms. The smallest absolute Gasteiger partial charge is 0.313 e. The summed E-state index contributed by atoms with van der Waals surface area (Å²) in [6, 6.07) is 13.6. The van der Waals surface area contributed by atoms with E-state index in [0.717, 1.165) is 5.69 Å². The van der Waals surface area contributed by atoms with Crippen molar-refractivity contribution in [2.75, 3.05) is 11.9 Å². The topological polar surface area (TPSA) is 76.0 Å². The number of hydrogen-bond acceptors (Lipinski definition) is 5. The van der Waals surface area contributed by atoms with Crippen molar-refractivity contribution in [1.29, 1.82) is 0 Å². The Kier molecular flexibility index (Phi) is 4.34. The van der Waals surface area contributed by atoms with Gasteiger partial charge in [-0.05, 0) is 36.4 Å². The molecule has 0 N–H and O–H groups in total. The Morgan fingerprint density at radius 2 is 1.72 bits per heavy atom. The molecule has 0 atom stereocenters. The normalized spacial score (nSPS) is 14.8. The van der Waals surface area contributed by atoms with E-state index in [0.29, 0.717) is 17.1 Å². The highest BCUT2D eigenvalue weighted by Crippen LogP contribution is 2.29. The SMILES string of the molecule is CC(C)C(=O)Oc1ccc(N(C)C2=NS(=O)(=O)c3ccccc32)cc1. The van der Waals surface area contributed by atoms with Crippen molar-refractivity contribution in [3.63, 3.8) is 0 Å². The van der Waals surface area contributed by atoms with Crippen molar-refractivity contribution in [2.45, 2.75) is 18.7 Å². The molecule has 0 bridgehead atoms. The van der Waals surface area contributed by atoms with Gasteiger partial charge in [-0.3, -0.25) is 4.79 Å². The molecular weight excluding hydrogens is 340 g/mol. The van der Waals surface area contributed by atoms with Crippen molar-refractivity contribution in [2.24, 2.45) is 10.3 Å². The van der Waals surface area contributed by atoms with Crippen molar-refractivity contribution < 1.29 is 17.9 Å². The van der Waals surface area contributed by atoms with Crippen LogP contribution < -0.4 is 9.64 Å². The van der Waals surface area contributed by atoms with Gasteiger partial charge in [0.15, 0.2) is 5.84 Å². The van der Waals surface area contributed by atoms with E-state index in [1.165, 1.54) is 0 Å². The molecule has 2 aromatic rings. The predicted octanol–water partition coefficient (Wildman–Crippen LogP) is 2.83. The van der Waals surface area contributed by atoms with Crippen LogP contribution in [0.25, 0.3) is 0 Å². The highest BCUT2D eigenvalue weighted by Gasteiger charge is 2.30. The van der Waals surface area contributed by atoms with Gasteiger partial charge in [-0.15, -0.1) is 4.40 Å². The summed E-state index contributed by atoms with van der Waals surface area (Å²) >= 11 is 0. The van der Waals surface area contributed by atoms with Crippen LogP contribution in [0, 0.1) is 5.92 Å². The van der Waals surface area contributed by atoms with Gasteiger partial charge in [-0.1, -0.05) is 26.0 Å². The third-order valence-electron chi connectivity index (χ3n) is 3.84. The number of ether oxygens (including phenoxy) is 1. The summed E-state index contributed by atoms with van der Waals surface area (Å²) < 4.78 is 33.5. The van der Waals surface area contributed by atoms with E-state index in [9.17, 15) is 13.2 Å². The number of carbonyl (C=O) groups excluding carboxylic acids is 1. The molecule has 3 rings (SSSR count). The molecule has 25 heavy (non-hydrogen) atoms. The second-order valence-electron chi connectivity index (χ2n) is 6.01. The van der Waals surface area contributed by atoms with E-state index in [-0.39, 0.29) is 16.8 Å². The van der Waals surface area contributed by atoms with E-state index in [4.69, 9.17) is 4.74 Å². The van der Waals surface area contributed by atoms with E-state index in [1.54, 1.807) is 74.3 Å². The first kappa shape index (κ1) is 17.2. The number of anilines is 1. The lowest BCUT2D eigenvalue weighted by Gasteiger charge is -2.19. The summed E-state index contributed by atoms with van der Waals surface area (Å²) in [7, 11) is -1.92. The van der Waals surface area contributed by atoms with Gasteiger partial charge >= 0.3 is 5.97 Å². The fraction of sp³-hybridized carbons (Fsp3) is 0.222. The summed E-state index contributed by atoms with van der Waals surface area (Å²) in [5, 5.41) is 0. The Balaban J connectivity index is 1.87. The molecule has 0 aliphatic carbocycles. The lowest BCUT2D eigenvalue weighted by Crippen LogP contribution is -2.26. The van der Waals surface area contributed by atoms with Crippen molar-refractivity contribution in [1.82, 2.24) is 0 Å². The van der Waals surface area contributed by atoms with Gasteiger partial charge in [0.05, 0.1) is 5.92 Å². The summed E-state index contributed by atoms with van der Waals surface area (Å²) in [4.78, 5) is 13.5. The van der Waals surface area contributed by atoms with Gasteiger partial charge in [-0.2, -0.15) is 8.42 Å². The number of benzene rings is 2. The van der Waals surface area contributed by atoms with Gasteiger partial charge in [0.1, 0.15) is 10.6 Å². The van der Waals surface area contributed by atoms with Gasteiger partial charge in [0.25, 0.3) is 10.0 Å². The number of nitrogens with zero attached hydrogens (tertiary/aromatic N) is 2. The molecule has 0 radical (unpaired) electrons.